The number of nitrogens with one attached hydrogen (secondary N) is 3. The summed E-state index contributed by atoms with van der Waals surface area (Å²) >= 11 is 0. The van der Waals surface area contributed by atoms with Gasteiger partial charge in [-0.15, -0.1) is 0 Å². The highest BCUT2D eigenvalue weighted by Crippen LogP contribution is 2.21. The molecular formula is C22H28N4O4S. The van der Waals surface area contributed by atoms with E-state index in [0.29, 0.717) is 25.2 Å². The third-order valence-electron chi connectivity index (χ3n) is 5.25. The van der Waals surface area contributed by atoms with Crippen molar-refractivity contribution >= 4 is 22.0 Å². The van der Waals surface area contributed by atoms with Crippen LogP contribution >= 0.6 is 0 Å². The van der Waals surface area contributed by atoms with E-state index < -0.39 is 28.0 Å². The maximum Gasteiger partial charge on any atom is 0.321 e. The van der Waals surface area contributed by atoms with E-state index >= 15 is 0 Å². The highest BCUT2D eigenvalue weighted by Gasteiger charge is 2.26. The molecule has 0 spiro atoms. The summed E-state index contributed by atoms with van der Waals surface area (Å²) in [5.74, 6) is -0.477. The molecule has 0 aromatic heterocycles. The molecule has 166 valence electrons. The second kappa shape index (κ2) is 10.5. The SMILES string of the molecule is CNC(=O)NC(=O)[C@@H](NCc1ccc(S(=O)(=O)N2CCCCC2)cc1)c1ccccc1. The molecule has 2 aromatic rings. The van der Waals surface area contributed by atoms with Crippen molar-refractivity contribution in [3.8, 4) is 0 Å². The number of urea groups is 1. The molecule has 1 saturated heterocycles. The lowest BCUT2D eigenvalue weighted by atomic mass is 10.1. The highest BCUT2D eigenvalue weighted by molar-refractivity contribution is 7.89. The van der Waals surface area contributed by atoms with Crippen molar-refractivity contribution in [1.29, 1.82) is 0 Å². The summed E-state index contributed by atoms with van der Waals surface area (Å²) in [6.07, 6.45) is 2.84. The van der Waals surface area contributed by atoms with Crippen molar-refractivity contribution in [3.63, 3.8) is 0 Å². The summed E-state index contributed by atoms with van der Waals surface area (Å²) in [6, 6.07) is 14.4. The van der Waals surface area contributed by atoms with Gasteiger partial charge in [-0.1, -0.05) is 48.9 Å². The van der Waals surface area contributed by atoms with Gasteiger partial charge in [0.15, 0.2) is 0 Å². The predicted octanol–water partition coefficient (Wildman–Crippen LogP) is 2.15. The summed E-state index contributed by atoms with van der Waals surface area (Å²) < 4.78 is 27.1. The van der Waals surface area contributed by atoms with Crippen molar-refractivity contribution in [2.24, 2.45) is 0 Å². The van der Waals surface area contributed by atoms with Crippen LogP contribution < -0.4 is 16.0 Å². The van der Waals surface area contributed by atoms with E-state index in [1.807, 2.05) is 18.2 Å². The van der Waals surface area contributed by atoms with E-state index in [1.54, 1.807) is 36.4 Å². The number of amides is 3. The fraction of sp³-hybridized carbons (Fsp3) is 0.364. The average molecular weight is 445 g/mol. The highest BCUT2D eigenvalue weighted by atomic mass is 32.2. The predicted molar refractivity (Wildman–Crippen MR) is 118 cm³/mol. The fourth-order valence-corrected chi connectivity index (χ4v) is 5.02. The van der Waals surface area contributed by atoms with Crippen molar-refractivity contribution in [2.75, 3.05) is 20.1 Å². The first-order valence-electron chi connectivity index (χ1n) is 10.3. The Balaban J connectivity index is 1.70. The molecule has 8 nitrogen and oxygen atoms in total. The van der Waals surface area contributed by atoms with Crippen LogP contribution in [0.15, 0.2) is 59.5 Å². The van der Waals surface area contributed by atoms with Crippen LogP contribution in [-0.2, 0) is 21.4 Å². The van der Waals surface area contributed by atoms with Gasteiger partial charge in [0.1, 0.15) is 6.04 Å². The van der Waals surface area contributed by atoms with Crippen LogP contribution in [0.5, 0.6) is 0 Å². The van der Waals surface area contributed by atoms with Crippen molar-refractivity contribution in [1.82, 2.24) is 20.3 Å². The Morgan fingerprint density at radius 2 is 1.61 bits per heavy atom. The minimum absolute atomic E-state index is 0.273. The summed E-state index contributed by atoms with van der Waals surface area (Å²) in [4.78, 5) is 24.4. The largest absolute Gasteiger partial charge is 0.341 e. The lowest BCUT2D eigenvalue weighted by Gasteiger charge is -2.26. The quantitative estimate of drug-likeness (QED) is 0.607. The molecule has 0 aliphatic carbocycles. The van der Waals surface area contributed by atoms with Crippen LogP contribution in [0.2, 0.25) is 0 Å². The maximum absolute atomic E-state index is 12.8. The van der Waals surface area contributed by atoms with Crippen LogP contribution in [0.25, 0.3) is 0 Å². The van der Waals surface area contributed by atoms with Gasteiger partial charge in [-0.2, -0.15) is 4.31 Å². The van der Waals surface area contributed by atoms with E-state index in [9.17, 15) is 18.0 Å². The van der Waals surface area contributed by atoms with Gasteiger partial charge >= 0.3 is 6.03 Å². The van der Waals surface area contributed by atoms with Gasteiger partial charge in [-0.05, 0) is 36.1 Å². The lowest BCUT2D eigenvalue weighted by Crippen LogP contribution is -2.44. The monoisotopic (exact) mass is 444 g/mol. The topological polar surface area (TPSA) is 108 Å². The van der Waals surface area contributed by atoms with E-state index in [4.69, 9.17) is 0 Å². The number of hydrogen-bond acceptors (Lipinski definition) is 5. The Kier molecular flexibility index (Phi) is 7.78. The second-order valence-electron chi connectivity index (χ2n) is 7.40. The first-order chi connectivity index (χ1) is 14.9. The van der Waals surface area contributed by atoms with Gasteiger partial charge in [-0.3, -0.25) is 15.4 Å². The van der Waals surface area contributed by atoms with Gasteiger partial charge in [0.05, 0.1) is 4.90 Å². The molecule has 3 rings (SSSR count). The summed E-state index contributed by atoms with van der Waals surface area (Å²) in [7, 11) is -2.04. The molecule has 0 bridgehead atoms. The zero-order valence-corrected chi connectivity index (χ0v) is 18.3. The minimum atomic E-state index is -3.48. The molecule has 1 aliphatic heterocycles. The summed E-state index contributed by atoms with van der Waals surface area (Å²) in [5.41, 5.74) is 1.54. The number of imide groups is 1. The zero-order chi connectivity index (χ0) is 22.3. The molecule has 0 saturated carbocycles. The average Bonchev–Trinajstić information content (AvgIpc) is 2.80. The molecule has 9 heteroatoms. The van der Waals surface area contributed by atoms with Crippen LogP contribution in [0, 0.1) is 0 Å². The number of rotatable bonds is 7. The molecule has 3 N–H and O–H groups in total. The van der Waals surface area contributed by atoms with Crippen LogP contribution in [-0.4, -0.2) is 44.8 Å². The lowest BCUT2D eigenvalue weighted by molar-refractivity contribution is -0.122. The second-order valence-corrected chi connectivity index (χ2v) is 9.34. The molecule has 3 amide bonds. The third kappa shape index (κ3) is 5.90. The van der Waals surface area contributed by atoms with Crippen LogP contribution in [0.1, 0.15) is 36.4 Å². The van der Waals surface area contributed by atoms with Crippen LogP contribution in [0.4, 0.5) is 4.79 Å². The maximum atomic E-state index is 12.8. The van der Waals surface area contributed by atoms with Crippen molar-refractivity contribution in [2.45, 2.75) is 36.7 Å². The van der Waals surface area contributed by atoms with E-state index in [-0.39, 0.29) is 4.90 Å². The van der Waals surface area contributed by atoms with E-state index in [0.717, 1.165) is 24.8 Å². The Morgan fingerprint density at radius 1 is 0.968 bits per heavy atom. The Hall–Kier alpha value is -2.75. The molecule has 0 radical (unpaired) electrons. The van der Waals surface area contributed by atoms with E-state index in [2.05, 4.69) is 16.0 Å². The number of benzene rings is 2. The molecular weight excluding hydrogens is 416 g/mol. The van der Waals surface area contributed by atoms with E-state index in [1.165, 1.54) is 11.4 Å². The molecule has 1 heterocycles. The molecule has 1 fully saturated rings. The van der Waals surface area contributed by atoms with Crippen molar-refractivity contribution < 1.29 is 18.0 Å². The Bertz CT molecular complexity index is 988. The first-order valence-corrected chi connectivity index (χ1v) is 11.8. The molecule has 1 aliphatic rings. The molecule has 0 unspecified atom stereocenters. The van der Waals surface area contributed by atoms with Crippen LogP contribution in [0.3, 0.4) is 0 Å². The van der Waals surface area contributed by atoms with Gasteiger partial charge in [0, 0.05) is 26.7 Å². The smallest absolute Gasteiger partial charge is 0.321 e. The number of piperidine rings is 1. The molecule has 1 atom stereocenters. The standard InChI is InChI=1S/C22H28N4O4S/c1-23-22(28)25-21(27)20(18-8-4-2-5-9-18)24-16-17-10-12-19(13-11-17)31(29,30)26-14-6-3-7-15-26/h2,4-5,8-13,20,24H,3,6-7,14-16H2,1H3,(H2,23,25,27,28)/t20-/m0/s1. The molecule has 31 heavy (non-hydrogen) atoms. The number of carbonyl (C=O) groups is 2. The first kappa shape index (κ1) is 22.9. The normalized spacial score (nSPS) is 15.8. The Morgan fingerprint density at radius 3 is 2.23 bits per heavy atom. The third-order valence-corrected chi connectivity index (χ3v) is 7.16. The minimum Gasteiger partial charge on any atom is -0.341 e. The van der Waals surface area contributed by atoms with Crippen molar-refractivity contribution in [3.05, 3.63) is 65.7 Å². The van der Waals surface area contributed by atoms with Gasteiger partial charge < -0.3 is 5.32 Å². The summed E-state index contributed by atoms with van der Waals surface area (Å²) in [6.45, 7) is 1.44. The van der Waals surface area contributed by atoms with Gasteiger partial charge in [-0.25, -0.2) is 13.2 Å². The zero-order valence-electron chi connectivity index (χ0n) is 17.5. The number of nitrogens with zero attached hydrogens (tertiary/aromatic N) is 1. The van der Waals surface area contributed by atoms with Gasteiger partial charge in [0.25, 0.3) is 0 Å². The Labute approximate surface area is 183 Å². The number of carbonyl (C=O) groups excluding carboxylic acids is 2. The van der Waals surface area contributed by atoms with Gasteiger partial charge in [0.2, 0.25) is 15.9 Å². The number of hydrogen-bond donors (Lipinski definition) is 3. The fourth-order valence-electron chi connectivity index (χ4n) is 3.51. The number of sulfonamides is 1. The molecule has 2 aromatic carbocycles. The summed E-state index contributed by atoms with van der Waals surface area (Å²) in [5, 5.41) is 7.81.